The number of aliphatic hydroxyl groups is 1. The molecule has 2 rings (SSSR count). The largest absolute Gasteiger partial charge is 0.416 e. The molecule has 0 saturated heterocycles. The van der Waals surface area contributed by atoms with Gasteiger partial charge in [-0.25, -0.2) is 12.7 Å². The van der Waals surface area contributed by atoms with Crippen molar-refractivity contribution in [2.45, 2.75) is 43.2 Å². The zero-order valence-electron chi connectivity index (χ0n) is 16.1. The second kappa shape index (κ2) is 10.0. The van der Waals surface area contributed by atoms with Crippen LogP contribution >= 0.6 is 0 Å². The molecule has 0 bridgehead atoms. The van der Waals surface area contributed by atoms with Gasteiger partial charge in [0.1, 0.15) is 0 Å². The molecule has 1 aliphatic rings. The van der Waals surface area contributed by atoms with E-state index < -0.39 is 21.8 Å². The number of nitrogens with one attached hydrogen (secondary N) is 1. The molecule has 1 aromatic carbocycles. The number of hydrogen-bond acceptors (Lipinski definition) is 4. The molecule has 1 aliphatic carbocycles. The lowest BCUT2D eigenvalue weighted by Gasteiger charge is -2.29. The van der Waals surface area contributed by atoms with Crippen LogP contribution in [0, 0.1) is 11.8 Å². The highest BCUT2D eigenvalue weighted by Crippen LogP contribution is 2.32. The van der Waals surface area contributed by atoms with Crippen molar-refractivity contribution >= 4 is 10.0 Å². The van der Waals surface area contributed by atoms with Gasteiger partial charge in [0.25, 0.3) is 0 Å². The van der Waals surface area contributed by atoms with E-state index in [0.29, 0.717) is 24.9 Å². The highest BCUT2D eigenvalue weighted by atomic mass is 32.2. The summed E-state index contributed by atoms with van der Waals surface area (Å²) in [6.07, 6.45) is 0.504. The molecule has 0 aliphatic heterocycles. The number of benzene rings is 1. The van der Waals surface area contributed by atoms with Gasteiger partial charge in [0.15, 0.2) is 0 Å². The molecule has 0 radical (unpaired) electrons. The van der Waals surface area contributed by atoms with Gasteiger partial charge in [0.05, 0.1) is 17.1 Å². The van der Waals surface area contributed by atoms with E-state index in [9.17, 15) is 21.6 Å². The summed E-state index contributed by atoms with van der Waals surface area (Å²) in [5.74, 6) is 1.05. The van der Waals surface area contributed by atoms with E-state index in [2.05, 4.69) is 5.32 Å². The number of nitrogens with zero attached hydrogens (tertiary/aromatic N) is 1. The second-order valence-electron chi connectivity index (χ2n) is 7.45. The Morgan fingerprint density at radius 3 is 2.21 bits per heavy atom. The Labute approximate surface area is 165 Å². The van der Waals surface area contributed by atoms with E-state index in [1.165, 1.54) is 11.4 Å². The van der Waals surface area contributed by atoms with Crippen LogP contribution in [0.25, 0.3) is 0 Å². The molecule has 9 heteroatoms. The summed E-state index contributed by atoms with van der Waals surface area (Å²) < 4.78 is 64.3. The first-order chi connectivity index (χ1) is 13.1. The van der Waals surface area contributed by atoms with Crippen LogP contribution in [0.2, 0.25) is 0 Å². The molecular weight excluding hydrogens is 393 g/mol. The molecule has 0 heterocycles. The fourth-order valence-corrected chi connectivity index (χ4v) is 4.78. The van der Waals surface area contributed by atoms with Crippen LogP contribution in [0.3, 0.4) is 0 Å². The van der Waals surface area contributed by atoms with Crippen LogP contribution in [-0.4, -0.2) is 51.1 Å². The van der Waals surface area contributed by atoms with Gasteiger partial charge in [0, 0.05) is 20.1 Å². The van der Waals surface area contributed by atoms with Gasteiger partial charge in [-0.1, -0.05) is 12.8 Å². The molecule has 5 nitrogen and oxygen atoms in total. The van der Waals surface area contributed by atoms with E-state index in [0.717, 1.165) is 62.9 Å². The van der Waals surface area contributed by atoms with E-state index >= 15 is 0 Å². The Balaban J connectivity index is 1.83. The first kappa shape index (κ1) is 23.1. The summed E-state index contributed by atoms with van der Waals surface area (Å²) >= 11 is 0. The fourth-order valence-electron chi connectivity index (χ4n) is 3.59. The summed E-state index contributed by atoms with van der Waals surface area (Å²) in [5.41, 5.74) is -0.862. The minimum absolute atomic E-state index is 0.123. The van der Waals surface area contributed by atoms with Crippen LogP contribution in [0.4, 0.5) is 13.2 Å². The maximum Gasteiger partial charge on any atom is 0.416 e. The third-order valence-electron chi connectivity index (χ3n) is 5.43. The van der Waals surface area contributed by atoms with Crippen LogP contribution in [-0.2, 0) is 16.2 Å². The molecule has 0 spiro atoms. The Morgan fingerprint density at radius 1 is 1.11 bits per heavy atom. The van der Waals surface area contributed by atoms with Gasteiger partial charge < -0.3 is 10.4 Å². The average Bonchev–Trinajstić information content (AvgIpc) is 2.66. The summed E-state index contributed by atoms with van der Waals surface area (Å²) in [5, 5.41) is 12.0. The van der Waals surface area contributed by atoms with E-state index in [-0.39, 0.29) is 11.5 Å². The van der Waals surface area contributed by atoms with E-state index in [1.807, 2.05) is 0 Å². The Hall–Kier alpha value is -1.16. The van der Waals surface area contributed by atoms with Crippen LogP contribution < -0.4 is 5.32 Å². The second-order valence-corrected chi connectivity index (χ2v) is 9.50. The van der Waals surface area contributed by atoms with Crippen molar-refractivity contribution in [2.24, 2.45) is 11.8 Å². The highest BCUT2D eigenvalue weighted by molar-refractivity contribution is 7.89. The van der Waals surface area contributed by atoms with Gasteiger partial charge in [0.2, 0.25) is 10.0 Å². The lowest BCUT2D eigenvalue weighted by atomic mass is 9.80. The molecule has 0 atom stereocenters. The molecule has 2 N–H and O–H groups in total. The molecule has 1 aromatic rings. The SMILES string of the molecule is CN(CC[C@H]1CC[C@H](CNCCO)CC1)S(=O)(=O)c1ccc(C(F)(F)F)cc1. The third kappa shape index (κ3) is 6.43. The highest BCUT2D eigenvalue weighted by Gasteiger charge is 2.31. The molecule has 1 fully saturated rings. The van der Waals surface area contributed by atoms with Crippen molar-refractivity contribution in [1.29, 1.82) is 0 Å². The number of alkyl halides is 3. The van der Waals surface area contributed by atoms with Crippen molar-refractivity contribution in [3.8, 4) is 0 Å². The molecule has 0 aromatic heterocycles. The predicted octanol–water partition coefficient (Wildman–Crippen LogP) is 3.10. The van der Waals surface area contributed by atoms with Crippen molar-refractivity contribution in [1.82, 2.24) is 9.62 Å². The molecule has 0 amide bonds. The zero-order valence-corrected chi connectivity index (χ0v) is 16.9. The number of halogens is 3. The minimum atomic E-state index is -4.49. The Bertz CT molecular complexity index is 700. The lowest BCUT2D eigenvalue weighted by molar-refractivity contribution is -0.137. The van der Waals surface area contributed by atoms with Crippen molar-refractivity contribution in [2.75, 3.05) is 33.3 Å². The smallest absolute Gasteiger partial charge is 0.395 e. The summed E-state index contributed by atoms with van der Waals surface area (Å²) in [6.45, 7) is 1.98. The van der Waals surface area contributed by atoms with Gasteiger partial charge in [-0.05, 0) is 61.9 Å². The summed E-state index contributed by atoms with van der Waals surface area (Å²) in [7, 11) is -2.33. The molecule has 160 valence electrons. The quantitative estimate of drug-likeness (QED) is 0.600. The monoisotopic (exact) mass is 422 g/mol. The predicted molar refractivity (Wildman–Crippen MR) is 101 cm³/mol. The Kier molecular flexibility index (Phi) is 8.30. The van der Waals surface area contributed by atoms with Crippen LogP contribution in [0.15, 0.2) is 29.2 Å². The fraction of sp³-hybridized carbons (Fsp3) is 0.684. The Morgan fingerprint density at radius 2 is 1.68 bits per heavy atom. The first-order valence-electron chi connectivity index (χ1n) is 9.59. The average molecular weight is 423 g/mol. The molecule has 28 heavy (non-hydrogen) atoms. The lowest BCUT2D eigenvalue weighted by Crippen LogP contribution is -2.31. The maximum absolute atomic E-state index is 12.6. The van der Waals surface area contributed by atoms with E-state index in [1.54, 1.807) is 0 Å². The van der Waals surface area contributed by atoms with Gasteiger partial charge in [-0.2, -0.15) is 13.2 Å². The van der Waals surface area contributed by atoms with Crippen molar-refractivity contribution in [3.05, 3.63) is 29.8 Å². The van der Waals surface area contributed by atoms with Crippen LogP contribution in [0.5, 0.6) is 0 Å². The maximum atomic E-state index is 12.6. The van der Waals surface area contributed by atoms with Gasteiger partial charge in [-0.3, -0.25) is 0 Å². The minimum Gasteiger partial charge on any atom is -0.395 e. The topological polar surface area (TPSA) is 69.6 Å². The van der Waals surface area contributed by atoms with Crippen LogP contribution in [0.1, 0.15) is 37.7 Å². The summed E-state index contributed by atoms with van der Waals surface area (Å²) in [6, 6.07) is 3.62. The number of sulfonamides is 1. The normalized spacial score (nSPS) is 21.2. The third-order valence-corrected chi connectivity index (χ3v) is 7.30. The first-order valence-corrected chi connectivity index (χ1v) is 11.0. The van der Waals surface area contributed by atoms with Crippen molar-refractivity contribution in [3.63, 3.8) is 0 Å². The molecule has 0 unspecified atom stereocenters. The number of hydrogen-bond donors (Lipinski definition) is 2. The zero-order chi connectivity index (χ0) is 20.8. The number of aliphatic hydroxyl groups excluding tert-OH is 1. The van der Waals surface area contributed by atoms with Gasteiger partial charge in [-0.15, -0.1) is 0 Å². The standard InChI is InChI=1S/C19H29F3N2O3S/c1-24(12-10-15-2-4-16(5-3-15)14-23-11-13-25)28(26,27)18-8-6-17(7-9-18)19(20,21)22/h6-9,15-16,23,25H,2-5,10-14H2,1H3/t15-,16-. The molecule has 1 saturated carbocycles. The van der Waals surface area contributed by atoms with Gasteiger partial charge >= 0.3 is 6.18 Å². The van der Waals surface area contributed by atoms with Crippen molar-refractivity contribution < 1.29 is 26.7 Å². The summed E-state index contributed by atoms with van der Waals surface area (Å²) in [4.78, 5) is -0.123. The van der Waals surface area contributed by atoms with E-state index in [4.69, 9.17) is 5.11 Å². The number of rotatable bonds is 9. The molecular formula is C19H29F3N2O3S.